The van der Waals surface area contributed by atoms with Crippen LogP contribution in [0.5, 0.6) is 5.75 Å². The monoisotopic (exact) mass is 430 g/mol. The molecule has 0 fully saturated rings. The number of hydrazone groups is 1. The summed E-state index contributed by atoms with van der Waals surface area (Å²) in [6.07, 6.45) is 1.42. The zero-order valence-electron chi connectivity index (χ0n) is 17.4. The molecule has 0 spiro atoms. The van der Waals surface area contributed by atoms with Crippen LogP contribution in [-0.4, -0.2) is 30.5 Å². The first-order valence-electron chi connectivity index (χ1n) is 9.89. The maximum absolute atomic E-state index is 12.7. The Labute approximate surface area is 185 Å². The van der Waals surface area contributed by atoms with E-state index in [2.05, 4.69) is 21.2 Å². The standard InChI is InChI=1S/C24H22N4O4/c1-2-32-19-14-12-18(13-15-19)26-22(29)20-10-6-7-11-21(20)27-23(30)24(31)28-25-16-17-8-4-3-5-9-17/h3-16H,2H2,1H3,(H,26,29)(H,27,30)(H,28,31)/b25-16+. The molecule has 3 aromatic rings. The summed E-state index contributed by atoms with van der Waals surface area (Å²) in [5.41, 5.74) is 3.89. The molecule has 0 bridgehead atoms. The van der Waals surface area contributed by atoms with Crippen molar-refractivity contribution in [3.05, 3.63) is 90.0 Å². The van der Waals surface area contributed by atoms with Crippen molar-refractivity contribution in [2.24, 2.45) is 5.10 Å². The van der Waals surface area contributed by atoms with Crippen LogP contribution in [0.1, 0.15) is 22.8 Å². The quantitative estimate of drug-likeness (QED) is 0.303. The Kier molecular flexibility index (Phi) is 7.69. The number of hydrogen-bond donors (Lipinski definition) is 3. The predicted molar refractivity (Wildman–Crippen MR) is 123 cm³/mol. The molecule has 0 unspecified atom stereocenters. The van der Waals surface area contributed by atoms with E-state index in [0.717, 1.165) is 5.56 Å². The molecule has 162 valence electrons. The molecule has 0 atom stereocenters. The summed E-state index contributed by atoms with van der Waals surface area (Å²) in [4.78, 5) is 37.0. The van der Waals surface area contributed by atoms with Crippen molar-refractivity contribution in [2.45, 2.75) is 6.92 Å². The van der Waals surface area contributed by atoms with Gasteiger partial charge in [0.2, 0.25) is 0 Å². The van der Waals surface area contributed by atoms with E-state index >= 15 is 0 Å². The average Bonchev–Trinajstić information content (AvgIpc) is 2.81. The minimum atomic E-state index is -0.959. The Bertz CT molecular complexity index is 1110. The number of nitrogens with zero attached hydrogens (tertiary/aromatic N) is 1. The topological polar surface area (TPSA) is 109 Å². The van der Waals surface area contributed by atoms with Crippen molar-refractivity contribution in [1.29, 1.82) is 0 Å². The Balaban J connectivity index is 1.62. The number of hydrogen-bond acceptors (Lipinski definition) is 5. The molecule has 0 aliphatic carbocycles. The molecule has 32 heavy (non-hydrogen) atoms. The van der Waals surface area contributed by atoms with Crippen molar-refractivity contribution in [3.8, 4) is 5.75 Å². The number of anilines is 2. The molecule has 0 saturated carbocycles. The highest BCUT2D eigenvalue weighted by Crippen LogP contribution is 2.19. The lowest BCUT2D eigenvalue weighted by molar-refractivity contribution is -0.136. The molecule has 0 aliphatic heterocycles. The van der Waals surface area contributed by atoms with E-state index in [1.807, 2.05) is 25.1 Å². The van der Waals surface area contributed by atoms with E-state index in [9.17, 15) is 14.4 Å². The first-order chi connectivity index (χ1) is 15.6. The normalized spacial score (nSPS) is 10.4. The molecule has 0 heterocycles. The summed E-state index contributed by atoms with van der Waals surface area (Å²) < 4.78 is 5.38. The average molecular weight is 430 g/mol. The van der Waals surface area contributed by atoms with Crippen LogP contribution >= 0.6 is 0 Å². The fraction of sp³-hybridized carbons (Fsp3) is 0.0833. The lowest BCUT2D eigenvalue weighted by atomic mass is 10.1. The molecule has 3 aromatic carbocycles. The number of benzene rings is 3. The van der Waals surface area contributed by atoms with Crippen molar-refractivity contribution in [1.82, 2.24) is 5.43 Å². The van der Waals surface area contributed by atoms with Crippen molar-refractivity contribution >= 4 is 35.3 Å². The fourth-order valence-electron chi connectivity index (χ4n) is 2.72. The van der Waals surface area contributed by atoms with E-state index in [1.54, 1.807) is 54.6 Å². The summed E-state index contributed by atoms with van der Waals surface area (Å²) >= 11 is 0. The first-order valence-corrected chi connectivity index (χ1v) is 9.89. The molecule has 3 N–H and O–H groups in total. The largest absolute Gasteiger partial charge is 0.494 e. The SMILES string of the molecule is CCOc1ccc(NC(=O)c2ccccc2NC(=O)C(=O)N/N=C/c2ccccc2)cc1. The van der Waals surface area contributed by atoms with Crippen LogP contribution in [0.2, 0.25) is 0 Å². The highest BCUT2D eigenvalue weighted by molar-refractivity contribution is 6.40. The molecule has 8 nitrogen and oxygen atoms in total. The number of para-hydroxylation sites is 1. The van der Waals surface area contributed by atoms with Gasteiger partial charge in [0.05, 0.1) is 24.1 Å². The van der Waals surface area contributed by atoms with Gasteiger partial charge in [0.1, 0.15) is 5.75 Å². The smallest absolute Gasteiger partial charge is 0.329 e. The molecule has 3 amide bonds. The summed E-state index contributed by atoms with van der Waals surface area (Å²) in [5, 5.41) is 8.96. The third kappa shape index (κ3) is 6.27. The summed E-state index contributed by atoms with van der Waals surface area (Å²) in [7, 11) is 0. The van der Waals surface area contributed by atoms with Crippen molar-refractivity contribution in [3.63, 3.8) is 0 Å². The molecule has 0 aromatic heterocycles. The van der Waals surface area contributed by atoms with Gasteiger partial charge in [0, 0.05) is 5.69 Å². The van der Waals surface area contributed by atoms with Crippen LogP contribution in [0.3, 0.4) is 0 Å². The zero-order valence-corrected chi connectivity index (χ0v) is 17.4. The molecule has 3 rings (SSSR count). The van der Waals surface area contributed by atoms with Gasteiger partial charge in [-0.3, -0.25) is 14.4 Å². The minimum Gasteiger partial charge on any atom is -0.494 e. The van der Waals surface area contributed by atoms with Gasteiger partial charge in [-0.25, -0.2) is 5.43 Å². The Morgan fingerprint density at radius 2 is 1.53 bits per heavy atom. The van der Waals surface area contributed by atoms with Gasteiger partial charge in [0.25, 0.3) is 5.91 Å². The van der Waals surface area contributed by atoms with Gasteiger partial charge < -0.3 is 15.4 Å². The van der Waals surface area contributed by atoms with Gasteiger partial charge >= 0.3 is 11.8 Å². The number of ether oxygens (including phenoxy) is 1. The molecule has 0 aliphatic rings. The van der Waals surface area contributed by atoms with Crippen LogP contribution in [0.15, 0.2) is 84.0 Å². The zero-order chi connectivity index (χ0) is 22.8. The van der Waals surface area contributed by atoms with Crippen LogP contribution in [-0.2, 0) is 9.59 Å². The minimum absolute atomic E-state index is 0.197. The first kappa shape index (κ1) is 22.2. The highest BCUT2D eigenvalue weighted by Gasteiger charge is 2.17. The molecular formula is C24H22N4O4. The highest BCUT2D eigenvalue weighted by atomic mass is 16.5. The maximum atomic E-state index is 12.7. The fourth-order valence-corrected chi connectivity index (χ4v) is 2.72. The Morgan fingerprint density at radius 3 is 2.25 bits per heavy atom. The van der Waals surface area contributed by atoms with E-state index in [0.29, 0.717) is 18.0 Å². The van der Waals surface area contributed by atoms with Gasteiger partial charge in [-0.15, -0.1) is 0 Å². The van der Waals surface area contributed by atoms with Crippen LogP contribution in [0.4, 0.5) is 11.4 Å². The third-order valence-electron chi connectivity index (χ3n) is 4.23. The van der Waals surface area contributed by atoms with Crippen molar-refractivity contribution < 1.29 is 19.1 Å². The molecule has 8 heteroatoms. The summed E-state index contributed by atoms with van der Waals surface area (Å²) in [5.74, 6) is -1.65. The van der Waals surface area contributed by atoms with Gasteiger partial charge in [-0.05, 0) is 48.9 Å². The summed E-state index contributed by atoms with van der Waals surface area (Å²) in [6.45, 7) is 2.43. The lowest BCUT2D eigenvalue weighted by Crippen LogP contribution is -2.33. The number of rotatable bonds is 7. The Hall–Kier alpha value is -4.46. The second kappa shape index (κ2) is 11.1. The molecule has 0 saturated heterocycles. The molecular weight excluding hydrogens is 408 g/mol. The van der Waals surface area contributed by atoms with Crippen molar-refractivity contribution in [2.75, 3.05) is 17.2 Å². The second-order valence-corrected chi connectivity index (χ2v) is 6.52. The predicted octanol–water partition coefficient (Wildman–Crippen LogP) is 3.43. The van der Waals surface area contributed by atoms with E-state index in [4.69, 9.17) is 4.74 Å². The van der Waals surface area contributed by atoms with Gasteiger partial charge in [-0.2, -0.15) is 5.10 Å². The number of carbonyl (C=O) groups is 3. The van der Waals surface area contributed by atoms with Crippen LogP contribution < -0.4 is 20.8 Å². The van der Waals surface area contributed by atoms with E-state index in [1.165, 1.54) is 12.3 Å². The molecule has 0 radical (unpaired) electrons. The van der Waals surface area contributed by atoms with Gasteiger partial charge in [0.15, 0.2) is 0 Å². The Morgan fingerprint density at radius 1 is 0.844 bits per heavy atom. The lowest BCUT2D eigenvalue weighted by Gasteiger charge is -2.11. The van der Waals surface area contributed by atoms with Crippen LogP contribution in [0, 0.1) is 0 Å². The van der Waals surface area contributed by atoms with E-state index < -0.39 is 17.7 Å². The number of amides is 3. The van der Waals surface area contributed by atoms with Crippen LogP contribution in [0.25, 0.3) is 0 Å². The van der Waals surface area contributed by atoms with Gasteiger partial charge in [-0.1, -0.05) is 42.5 Å². The second-order valence-electron chi connectivity index (χ2n) is 6.52. The summed E-state index contributed by atoms with van der Waals surface area (Å²) in [6, 6.07) is 22.4. The number of carbonyl (C=O) groups excluding carboxylic acids is 3. The third-order valence-corrected chi connectivity index (χ3v) is 4.23. The number of nitrogens with one attached hydrogen (secondary N) is 3. The maximum Gasteiger partial charge on any atom is 0.329 e. The van der Waals surface area contributed by atoms with E-state index in [-0.39, 0.29) is 11.3 Å².